The lowest BCUT2D eigenvalue weighted by atomic mass is 10.1. The van der Waals surface area contributed by atoms with Gasteiger partial charge >= 0.3 is 0 Å². The molecular weight excluding hydrogens is 194 g/mol. The molecule has 0 saturated carbocycles. The molecule has 0 radical (unpaired) electrons. The Morgan fingerprint density at radius 2 is 2.07 bits per heavy atom. The van der Waals surface area contributed by atoms with E-state index >= 15 is 0 Å². The molecule has 1 N–H and O–H groups in total. The van der Waals surface area contributed by atoms with Crippen LogP contribution in [0.5, 0.6) is 0 Å². The maximum Gasteiger partial charge on any atom is 0.222 e. The first kappa shape index (κ1) is 11.3. The van der Waals surface area contributed by atoms with E-state index in [0.717, 1.165) is 17.4 Å². The van der Waals surface area contributed by atoms with Crippen molar-refractivity contribution in [1.82, 2.24) is 9.97 Å². The summed E-state index contributed by atoms with van der Waals surface area (Å²) in [6.07, 6.45) is 6.88. The zero-order valence-corrected chi connectivity index (χ0v) is 9.77. The van der Waals surface area contributed by atoms with Gasteiger partial charge in [0.15, 0.2) is 0 Å². The molecule has 0 aromatic carbocycles. The highest BCUT2D eigenvalue weighted by atomic mass is 32.2. The molecule has 1 rings (SSSR count). The van der Waals surface area contributed by atoms with Crippen LogP contribution in [0.3, 0.4) is 0 Å². The van der Waals surface area contributed by atoms with Gasteiger partial charge in [-0.3, -0.25) is 0 Å². The van der Waals surface area contributed by atoms with Crippen molar-refractivity contribution in [2.75, 3.05) is 18.1 Å². The van der Waals surface area contributed by atoms with Crippen LogP contribution in [-0.2, 0) is 0 Å². The third-order valence-electron chi connectivity index (χ3n) is 2.17. The van der Waals surface area contributed by atoms with Crippen molar-refractivity contribution in [3.05, 3.63) is 12.4 Å². The summed E-state index contributed by atoms with van der Waals surface area (Å²) in [6.45, 7) is 5.34. The second kappa shape index (κ2) is 5.86. The van der Waals surface area contributed by atoms with Crippen molar-refractivity contribution >= 4 is 17.7 Å². The topological polar surface area (TPSA) is 37.8 Å². The Morgan fingerprint density at radius 3 is 2.57 bits per heavy atom. The number of hydrogen-bond donors (Lipinski definition) is 1. The van der Waals surface area contributed by atoms with E-state index in [1.165, 1.54) is 6.42 Å². The lowest BCUT2D eigenvalue weighted by Gasteiger charge is -2.09. The summed E-state index contributed by atoms with van der Waals surface area (Å²) in [7, 11) is 0. The SMILES string of the molecule is CCC(C)CNc1ncc(SC)cn1. The van der Waals surface area contributed by atoms with Crippen molar-refractivity contribution in [3.8, 4) is 0 Å². The van der Waals surface area contributed by atoms with E-state index in [0.29, 0.717) is 5.92 Å². The molecule has 0 bridgehead atoms. The van der Waals surface area contributed by atoms with Gasteiger partial charge in [0.2, 0.25) is 5.95 Å². The van der Waals surface area contributed by atoms with E-state index < -0.39 is 0 Å². The lowest BCUT2D eigenvalue weighted by Crippen LogP contribution is -2.12. The lowest BCUT2D eigenvalue weighted by molar-refractivity contribution is 0.591. The number of nitrogens with zero attached hydrogens (tertiary/aromatic N) is 2. The highest BCUT2D eigenvalue weighted by molar-refractivity contribution is 7.98. The van der Waals surface area contributed by atoms with E-state index in [1.807, 2.05) is 18.6 Å². The number of anilines is 1. The summed E-state index contributed by atoms with van der Waals surface area (Å²) in [5.74, 6) is 1.39. The molecule has 1 atom stereocenters. The molecule has 4 heteroatoms. The summed E-state index contributed by atoms with van der Waals surface area (Å²) in [5, 5.41) is 3.22. The van der Waals surface area contributed by atoms with Gasteiger partial charge in [-0.05, 0) is 12.2 Å². The standard InChI is InChI=1S/C10H17N3S/c1-4-8(2)5-11-10-12-6-9(14-3)7-13-10/h6-8H,4-5H2,1-3H3,(H,11,12,13). The fourth-order valence-corrected chi connectivity index (χ4v) is 1.24. The first-order valence-electron chi connectivity index (χ1n) is 4.86. The predicted molar refractivity (Wildman–Crippen MR) is 61.8 cm³/mol. The Labute approximate surface area is 89.7 Å². The Bertz CT molecular complexity index is 261. The van der Waals surface area contributed by atoms with E-state index in [9.17, 15) is 0 Å². The van der Waals surface area contributed by atoms with Crippen LogP contribution in [0.1, 0.15) is 20.3 Å². The maximum atomic E-state index is 4.21. The van der Waals surface area contributed by atoms with Gasteiger partial charge < -0.3 is 5.32 Å². The zero-order chi connectivity index (χ0) is 10.4. The first-order valence-corrected chi connectivity index (χ1v) is 6.08. The molecule has 0 aliphatic rings. The van der Waals surface area contributed by atoms with Gasteiger partial charge in [-0.15, -0.1) is 11.8 Å². The Hall–Kier alpha value is -0.770. The van der Waals surface area contributed by atoms with Crippen molar-refractivity contribution < 1.29 is 0 Å². The second-order valence-electron chi connectivity index (χ2n) is 3.34. The largest absolute Gasteiger partial charge is 0.354 e. The molecule has 0 spiro atoms. The quantitative estimate of drug-likeness (QED) is 0.760. The van der Waals surface area contributed by atoms with Crippen LogP contribution in [0.15, 0.2) is 17.3 Å². The smallest absolute Gasteiger partial charge is 0.222 e. The van der Waals surface area contributed by atoms with Crippen molar-refractivity contribution in [2.24, 2.45) is 5.92 Å². The van der Waals surface area contributed by atoms with E-state index in [-0.39, 0.29) is 0 Å². The van der Waals surface area contributed by atoms with Gasteiger partial charge in [0.05, 0.1) is 0 Å². The monoisotopic (exact) mass is 211 g/mol. The normalized spacial score (nSPS) is 12.5. The summed E-state index contributed by atoms with van der Waals surface area (Å²) in [4.78, 5) is 9.52. The van der Waals surface area contributed by atoms with Crippen LogP contribution in [0.4, 0.5) is 5.95 Å². The second-order valence-corrected chi connectivity index (χ2v) is 4.22. The number of rotatable bonds is 5. The number of hydrogen-bond acceptors (Lipinski definition) is 4. The minimum Gasteiger partial charge on any atom is -0.354 e. The predicted octanol–water partition coefficient (Wildman–Crippen LogP) is 2.66. The fourth-order valence-electron chi connectivity index (χ4n) is 0.923. The highest BCUT2D eigenvalue weighted by Gasteiger charge is 2.00. The molecule has 0 amide bonds. The molecule has 1 unspecified atom stereocenters. The summed E-state index contributed by atoms with van der Waals surface area (Å²) in [6, 6.07) is 0. The molecule has 0 aliphatic carbocycles. The zero-order valence-electron chi connectivity index (χ0n) is 8.95. The number of nitrogens with one attached hydrogen (secondary N) is 1. The average Bonchev–Trinajstić information content (AvgIpc) is 2.26. The van der Waals surface area contributed by atoms with E-state index in [2.05, 4.69) is 29.1 Å². The van der Waals surface area contributed by atoms with Crippen LogP contribution >= 0.6 is 11.8 Å². The summed E-state index contributed by atoms with van der Waals surface area (Å²) < 4.78 is 0. The van der Waals surface area contributed by atoms with Crippen LogP contribution in [0.2, 0.25) is 0 Å². The van der Waals surface area contributed by atoms with Gasteiger partial charge in [0.1, 0.15) is 0 Å². The Balaban J connectivity index is 2.43. The van der Waals surface area contributed by atoms with Crippen molar-refractivity contribution in [3.63, 3.8) is 0 Å². The summed E-state index contributed by atoms with van der Waals surface area (Å²) >= 11 is 1.65. The number of aromatic nitrogens is 2. The molecule has 0 aliphatic heterocycles. The molecule has 3 nitrogen and oxygen atoms in total. The molecule has 0 fully saturated rings. The van der Waals surface area contributed by atoms with Gasteiger partial charge in [0, 0.05) is 23.8 Å². The fraction of sp³-hybridized carbons (Fsp3) is 0.600. The molecule has 0 saturated heterocycles. The van der Waals surface area contributed by atoms with Crippen LogP contribution in [0, 0.1) is 5.92 Å². The molecule has 14 heavy (non-hydrogen) atoms. The Kier molecular flexibility index (Phi) is 4.73. The average molecular weight is 211 g/mol. The van der Waals surface area contributed by atoms with Crippen LogP contribution in [0.25, 0.3) is 0 Å². The highest BCUT2D eigenvalue weighted by Crippen LogP contribution is 2.12. The third-order valence-corrected chi connectivity index (χ3v) is 2.85. The molecule has 1 aromatic heterocycles. The van der Waals surface area contributed by atoms with Gasteiger partial charge in [0.25, 0.3) is 0 Å². The summed E-state index contributed by atoms with van der Waals surface area (Å²) in [5.41, 5.74) is 0. The third kappa shape index (κ3) is 3.54. The Morgan fingerprint density at radius 1 is 1.43 bits per heavy atom. The molecular formula is C10H17N3S. The minimum absolute atomic E-state index is 0.666. The van der Waals surface area contributed by atoms with E-state index in [4.69, 9.17) is 0 Å². The van der Waals surface area contributed by atoms with Crippen LogP contribution in [-0.4, -0.2) is 22.8 Å². The molecule has 78 valence electrons. The van der Waals surface area contributed by atoms with Gasteiger partial charge in [-0.25, -0.2) is 9.97 Å². The van der Waals surface area contributed by atoms with E-state index in [1.54, 1.807) is 11.8 Å². The van der Waals surface area contributed by atoms with Crippen molar-refractivity contribution in [1.29, 1.82) is 0 Å². The first-order chi connectivity index (χ1) is 6.76. The van der Waals surface area contributed by atoms with Gasteiger partial charge in [-0.2, -0.15) is 0 Å². The number of thioether (sulfide) groups is 1. The molecule has 1 aromatic rings. The van der Waals surface area contributed by atoms with Crippen LogP contribution < -0.4 is 5.32 Å². The van der Waals surface area contributed by atoms with Crippen molar-refractivity contribution in [2.45, 2.75) is 25.2 Å². The minimum atomic E-state index is 0.666. The maximum absolute atomic E-state index is 4.21. The van der Waals surface area contributed by atoms with Gasteiger partial charge in [-0.1, -0.05) is 20.3 Å². The molecule has 1 heterocycles.